The fourth-order valence-corrected chi connectivity index (χ4v) is 3.77. The molecule has 0 unspecified atom stereocenters. The molecular formula is C34H26Cl2F12Fe2O2P2+2. The van der Waals surface area contributed by atoms with Crippen molar-refractivity contribution in [2.24, 2.45) is 0 Å². The van der Waals surface area contributed by atoms with Crippen LogP contribution in [0.2, 0.25) is 10.0 Å². The maximum absolute atomic E-state index is 10.7. The Bertz CT molecular complexity index is 1530. The molecule has 0 N–H and O–H groups in total. The molecule has 6 rings (SSSR count). The second-order valence-corrected chi connectivity index (χ2v) is 14.7. The Balaban J connectivity index is 0.000000875. The van der Waals surface area contributed by atoms with Crippen LogP contribution in [0.15, 0.2) is 97.1 Å². The molecule has 0 amide bonds. The van der Waals surface area contributed by atoms with E-state index in [9.17, 15) is 50.4 Å². The molecule has 0 atom stereocenters. The molecule has 2 nitrogen and oxygen atoms in total. The smallest absolute Gasteiger partial charge is 0.0312 e. The van der Waals surface area contributed by atoms with Gasteiger partial charge in [0.05, 0.1) is 0 Å². The van der Waals surface area contributed by atoms with Crippen LogP contribution in [0.5, 0.6) is 23.0 Å². The van der Waals surface area contributed by atoms with E-state index in [1.54, 1.807) is 12.1 Å². The second kappa shape index (κ2) is 20.0. The van der Waals surface area contributed by atoms with E-state index in [4.69, 9.17) is 32.7 Å². The van der Waals surface area contributed by atoms with Gasteiger partial charge in [-0.2, -0.15) is 0 Å². The van der Waals surface area contributed by atoms with E-state index in [-0.39, 0.29) is 34.1 Å². The summed E-state index contributed by atoms with van der Waals surface area (Å²) in [4.78, 5) is 0. The topological polar surface area (TPSA) is 18.5 Å². The van der Waals surface area contributed by atoms with Crippen molar-refractivity contribution in [3.8, 4) is 34.1 Å². The van der Waals surface area contributed by atoms with Gasteiger partial charge in [0.1, 0.15) is 23.0 Å². The molecule has 10 radical (unpaired) electrons. The zero-order chi connectivity index (χ0) is 39.2. The van der Waals surface area contributed by atoms with Crippen molar-refractivity contribution in [1.82, 2.24) is 0 Å². The van der Waals surface area contributed by atoms with Crippen LogP contribution < -0.4 is 9.47 Å². The summed E-state index contributed by atoms with van der Waals surface area (Å²) in [5.74, 6) is 2.93. The molecule has 296 valence electrons. The zero-order valence-electron chi connectivity index (χ0n) is 26.7. The van der Waals surface area contributed by atoms with Gasteiger partial charge in [-0.05, 0) is 136 Å². The van der Waals surface area contributed by atoms with Gasteiger partial charge in [-0.1, -0.05) is 59.6 Å². The predicted octanol–water partition coefficient (Wildman–Crippen LogP) is 17.0. The third-order valence-electron chi connectivity index (χ3n) is 5.22. The van der Waals surface area contributed by atoms with Gasteiger partial charge in [-0.3, -0.25) is 0 Å². The fourth-order valence-electron chi connectivity index (χ4n) is 3.41. The first-order chi connectivity index (χ1) is 23.6. The van der Waals surface area contributed by atoms with Crippen LogP contribution in [0.25, 0.3) is 11.1 Å². The summed E-state index contributed by atoms with van der Waals surface area (Å²) >= 11 is 12.0. The Hall–Kier alpha value is -1.88. The summed E-state index contributed by atoms with van der Waals surface area (Å²) in [7, 11) is -21.3. The molecule has 0 aliphatic heterocycles. The zero-order valence-corrected chi connectivity index (χ0v) is 32.2. The van der Waals surface area contributed by atoms with Gasteiger partial charge >= 0.3 is 100 Å². The molecule has 2 aliphatic rings. The van der Waals surface area contributed by atoms with E-state index >= 15 is 0 Å². The molecule has 4 aromatic rings. The first-order valence-corrected chi connectivity index (χ1v) is 18.9. The van der Waals surface area contributed by atoms with Gasteiger partial charge in [0, 0.05) is 10.0 Å². The molecule has 20 heteroatoms. The summed E-state index contributed by atoms with van der Waals surface area (Å²) < 4.78 is 130. The second-order valence-electron chi connectivity index (χ2n) is 10.0. The maximum atomic E-state index is 9.87. The van der Waals surface area contributed by atoms with E-state index in [2.05, 4.69) is 0 Å². The van der Waals surface area contributed by atoms with E-state index in [0.29, 0.717) is 21.5 Å². The van der Waals surface area contributed by atoms with Crippen molar-refractivity contribution in [1.29, 1.82) is 0 Å². The van der Waals surface area contributed by atoms with Gasteiger partial charge in [-0.15, -0.1) is 0 Å². The standard InChI is InChI=1S/C24H16Cl2O2.2C5H5.2F6P.2Fe/c25-19-3-1-5-23(15-19)27-21-11-7-17(8-12-21)18-9-13-22(14-10-18)28-24-6-2-4-20(26)16-24;2*1-2-4-5-3-1;2*1-7(2,3,4,5)6;;/h1-16H;2*1-5H;;;;/q;;;2*-1;2*+2. The van der Waals surface area contributed by atoms with Crippen LogP contribution in [-0.2, 0) is 34.1 Å². The normalized spacial score (nSPS) is 15.9. The molecule has 54 heavy (non-hydrogen) atoms. The summed E-state index contributed by atoms with van der Waals surface area (Å²) in [6.07, 6.45) is 20.0. The quantitative estimate of drug-likeness (QED) is 0.113. The largest absolute Gasteiger partial charge is 2.00 e. The number of halogens is 14. The van der Waals surface area contributed by atoms with Crippen LogP contribution >= 0.6 is 38.8 Å². The maximum Gasteiger partial charge on any atom is 2.00 e. The van der Waals surface area contributed by atoms with Crippen molar-refractivity contribution < 1.29 is 94.0 Å². The summed E-state index contributed by atoms with van der Waals surface area (Å²) in [5, 5.41) is 1.29. The summed E-state index contributed by atoms with van der Waals surface area (Å²) in [6, 6.07) is 30.5. The molecule has 0 saturated heterocycles. The number of benzene rings is 4. The third kappa shape index (κ3) is 33.5. The van der Waals surface area contributed by atoms with E-state index in [0.717, 1.165) is 22.6 Å². The molecule has 2 aliphatic carbocycles. The Labute approximate surface area is 336 Å². The van der Waals surface area contributed by atoms with Crippen LogP contribution in [0.3, 0.4) is 0 Å². The minimum absolute atomic E-state index is 0. The molecule has 0 heterocycles. The Morgan fingerprint density at radius 2 is 0.556 bits per heavy atom. The van der Waals surface area contributed by atoms with Crippen molar-refractivity contribution in [3.63, 3.8) is 0 Å². The number of hydrogen-bond acceptors (Lipinski definition) is 2. The van der Waals surface area contributed by atoms with Gasteiger partial charge in [0.15, 0.2) is 0 Å². The molecular weight excluding hydrogens is 913 g/mol. The monoisotopic (exact) mass is 938 g/mol. The van der Waals surface area contributed by atoms with Crippen molar-refractivity contribution >= 4 is 38.8 Å². The fraction of sp³-hybridized carbons (Fsp3) is 0. The minimum atomic E-state index is -10.7. The average molecular weight is 939 g/mol. The first kappa shape index (κ1) is 52.1. The Kier molecular flexibility index (Phi) is 19.3. The SMILES string of the molecule is Clc1cccc(Oc2ccc(-c3ccc(Oc4cccc(Cl)c4)cc3)cc2)c1.F[P-](F)(F)(F)(F)F.F[P-](F)(F)(F)(F)F.[CH]1[CH][CH][CH][CH]1.[CH]1[CH][CH][CH][CH]1.[Fe+2].[Fe+2]. The molecule has 0 bridgehead atoms. The van der Waals surface area contributed by atoms with Gasteiger partial charge in [-0.25, -0.2) is 0 Å². The van der Waals surface area contributed by atoms with E-state index in [1.807, 2.05) is 149 Å². The molecule has 2 saturated carbocycles. The third-order valence-corrected chi connectivity index (χ3v) is 5.69. The van der Waals surface area contributed by atoms with Gasteiger partial charge in [0.2, 0.25) is 0 Å². The molecule has 2 fully saturated rings. The van der Waals surface area contributed by atoms with Crippen LogP contribution in [-0.4, -0.2) is 0 Å². The van der Waals surface area contributed by atoms with Crippen LogP contribution in [0, 0.1) is 64.2 Å². The van der Waals surface area contributed by atoms with Crippen molar-refractivity contribution in [2.45, 2.75) is 0 Å². The van der Waals surface area contributed by atoms with Crippen molar-refractivity contribution in [2.75, 3.05) is 0 Å². The van der Waals surface area contributed by atoms with E-state index < -0.39 is 15.6 Å². The van der Waals surface area contributed by atoms with Crippen LogP contribution in [0.1, 0.15) is 0 Å². The summed E-state index contributed by atoms with van der Waals surface area (Å²) in [6.45, 7) is 0. The first-order valence-electron chi connectivity index (χ1n) is 14.1. The van der Waals surface area contributed by atoms with Crippen LogP contribution in [0.4, 0.5) is 50.4 Å². The van der Waals surface area contributed by atoms with Gasteiger partial charge < -0.3 is 9.47 Å². The Morgan fingerprint density at radius 3 is 0.759 bits per heavy atom. The molecule has 0 aromatic heterocycles. The Morgan fingerprint density at radius 1 is 0.333 bits per heavy atom. The van der Waals surface area contributed by atoms with E-state index in [1.165, 1.54) is 0 Å². The number of ether oxygens (including phenoxy) is 2. The number of rotatable bonds is 5. The number of hydrogen-bond donors (Lipinski definition) is 0. The molecule has 0 spiro atoms. The predicted molar refractivity (Wildman–Crippen MR) is 185 cm³/mol. The molecule has 4 aromatic carbocycles. The average Bonchev–Trinajstić information content (AvgIpc) is 3.75. The summed E-state index contributed by atoms with van der Waals surface area (Å²) in [5.41, 5.74) is 2.18. The minimum Gasteiger partial charge on any atom is -0.0312 e. The van der Waals surface area contributed by atoms with Gasteiger partial charge in [0.25, 0.3) is 0 Å². The van der Waals surface area contributed by atoms with Crippen molar-refractivity contribution in [3.05, 3.63) is 171 Å².